The first kappa shape index (κ1) is 25.3. The van der Waals surface area contributed by atoms with Crippen molar-refractivity contribution in [1.82, 2.24) is 34.9 Å². The topological polar surface area (TPSA) is 95.2 Å². The number of imidazole rings is 1. The summed E-state index contributed by atoms with van der Waals surface area (Å²) in [4.78, 5) is 17.3. The number of allylic oxidation sites excluding steroid dienone is 2. The predicted molar refractivity (Wildman–Crippen MR) is 158 cm³/mol. The predicted octanol–water partition coefficient (Wildman–Crippen LogP) is 5.78. The van der Waals surface area contributed by atoms with Gasteiger partial charge < -0.3 is 4.98 Å². The maximum atomic E-state index is 14.7. The van der Waals surface area contributed by atoms with Gasteiger partial charge in [-0.3, -0.25) is 14.8 Å². The van der Waals surface area contributed by atoms with Gasteiger partial charge in [0.1, 0.15) is 11.3 Å². The van der Waals surface area contributed by atoms with E-state index in [1.54, 1.807) is 18.5 Å². The van der Waals surface area contributed by atoms with Crippen LogP contribution in [0.25, 0.3) is 39.4 Å². The summed E-state index contributed by atoms with van der Waals surface area (Å²) >= 11 is 0. The number of nitrogens with zero attached hydrogens (tertiary/aromatic N) is 4. The molecule has 0 fully saturated rings. The number of pyridine rings is 2. The van der Waals surface area contributed by atoms with E-state index in [9.17, 15) is 4.39 Å². The lowest BCUT2D eigenvalue weighted by Gasteiger charge is -2.13. The molecule has 0 atom stereocenters. The second-order valence-electron chi connectivity index (χ2n) is 9.23. The summed E-state index contributed by atoms with van der Waals surface area (Å²) < 4.78 is 18.0. The average Bonchev–Trinajstić information content (AvgIpc) is 3.48. The highest BCUT2D eigenvalue weighted by atomic mass is 32.2. The van der Waals surface area contributed by atoms with Crippen molar-refractivity contribution in [3.8, 4) is 22.8 Å². The molecule has 0 aliphatic heterocycles. The Morgan fingerprint density at radius 2 is 2.00 bits per heavy atom. The fourth-order valence-corrected chi connectivity index (χ4v) is 4.68. The van der Waals surface area contributed by atoms with Gasteiger partial charge in [0.2, 0.25) is 0 Å². The second kappa shape index (κ2) is 10.2. The normalized spacial score (nSPS) is 12.2. The Bertz CT molecular complexity index is 1780. The molecule has 9 heteroatoms. The van der Waals surface area contributed by atoms with Gasteiger partial charge in [-0.05, 0) is 66.8 Å². The minimum atomic E-state index is -1.44. The molecule has 0 aliphatic carbocycles. The summed E-state index contributed by atoms with van der Waals surface area (Å²) in [5, 5.41) is 7.53. The second-order valence-corrected chi connectivity index (χ2v) is 12.1. The van der Waals surface area contributed by atoms with Gasteiger partial charge in [0, 0.05) is 35.8 Å². The van der Waals surface area contributed by atoms with Crippen LogP contribution >= 0.6 is 9.39 Å². The third-order valence-electron chi connectivity index (χ3n) is 5.91. The molecule has 192 valence electrons. The van der Waals surface area contributed by atoms with Crippen molar-refractivity contribution < 1.29 is 4.39 Å². The smallest absolute Gasteiger partial charge is 0.161 e. The maximum absolute atomic E-state index is 14.7. The van der Waals surface area contributed by atoms with Crippen LogP contribution in [0.2, 0.25) is 0 Å². The van der Waals surface area contributed by atoms with Crippen LogP contribution in [0.15, 0.2) is 73.6 Å². The minimum Gasteiger partial charge on any atom is -0.340 e. The number of aromatic amines is 2. The molecule has 0 bridgehead atoms. The molecule has 38 heavy (non-hydrogen) atoms. The van der Waals surface area contributed by atoms with Crippen molar-refractivity contribution in [2.75, 3.05) is 6.26 Å². The first-order valence-corrected chi connectivity index (χ1v) is 14.2. The molecular weight excluding hydrogens is 497 g/mol. The van der Waals surface area contributed by atoms with E-state index in [4.69, 9.17) is 9.97 Å². The summed E-state index contributed by atoms with van der Waals surface area (Å²) in [5.41, 5.74) is 7.47. The molecule has 0 saturated carbocycles. The molecule has 0 aliphatic rings. The Balaban J connectivity index is 1.56. The van der Waals surface area contributed by atoms with Crippen LogP contribution in [-0.2, 0) is 6.54 Å². The van der Waals surface area contributed by atoms with Gasteiger partial charge in [0.25, 0.3) is 0 Å². The Morgan fingerprint density at radius 3 is 2.74 bits per heavy atom. The van der Waals surface area contributed by atoms with E-state index in [1.165, 1.54) is 12.1 Å². The quantitative estimate of drug-likeness (QED) is 0.176. The number of aryl methyl sites for hydroxylation is 1. The van der Waals surface area contributed by atoms with Gasteiger partial charge in [-0.1, -0.05) is 30.5 Å². The van der Waals surface area contributed by atoms with Crippen LogP contribution in [-0.4, -0.2) is 48.1 Å². The standard InChI is InChI=1S/C29H28FN7S/c1-6-8-23(21-13-19(14-22(30)15-21)16-32-38(3,4)5)26-18(2)33-29(35-26)28-27-25(36-37-28)11-10-24(34-27)20-9-7-12-31-17-20/h6-15,17,32H,1,3-4,16H2,2,5H3,(H,33,35)(H,36,37)/b23-8-. The van der Waals surface area contributed by atoms with E-state index in [0.717, 1.165) is 33.6 Å². The van der Waals surface area contributed by atoms with Gasteiger partial charge in [0.05, 0.1) is 16.9 Å². The third-order valence-corrected chi connectivity index (χ3v) is 6.75. The van der Waals surface area contributed by atoms with E-state index >= 15 is 0 Å². The zero-order chi connectivity index (χ0) is 26.9. The molecule has 0 spiro atoms. The molecule has 1 aromatic carbocycles. The fraction of sp³-hybridized carbons (Fsp3) is 0.103. The molecule has 5 rings (SSSR count). The summed E-state index contributed by atoms with van der Waals surface area (Å²) in [6.45, 7) is 6.25. The van der Waals surface area contributed by atoms with Crippen molar-refractivity contribution in [2.24, 2.45) is 0 Å². The molecular formula is C29H28FN7S. The zero-order valence-corrected chi connectivity index (χ0v) is 22.1. The summed E-state index contributed by atoms with van der Waals surface area (Å²) in [5.74, 6) is 8.30. The summed E-state index contributed by atoms with van der Waals surface area (Å²) in [6, 6.07) is 12.6. The Kier molecular flexibility index (Phi) is 6.79. The average molecular weight is 526 g/mol. The van der Waals surface area contributed by atoms with Crippen LogP contribution in [0.4, 0.5) is 4.39 Å². The van der Waals surface area contributed by atoms with Crippen molar-refractivity contribution in [3.05, 3.63) is 102 Å². The molecule has 0 unspecified atom stereocenters. The number of nitrogens with one attached hydrogen (secondary N) is 3. The highest BCUT2D eigenvalue weighted by molar-refractivity contribution is 8.25. The lowest BCUT2D eigenvalue weighted by molar-refractivity contribution is 0.624. The van der Waals surface area contributed by atoms with Crippen LogP contribution in [0.5, 0.6) is 0 Å². The van der Waals surface area contributed by atoms with E-state index in [0.29, 0.717) is 34.8 Å². The zero-order valence-electron chi connectivity index (χ0n) is 21.3. The number of fused-ring (bicyclic) bond motifs is 1. The fourth-order valence-electron chi connectivity index (χ4n) is 4.17. The van der Waals surface area contributed by atoms with Crippen molar-refractivity contribution in [2.45, 2.75) is 13.5 Å². The Morgan fingerprint density at radius 1 is 1.16 bits per heavy atom. The lowest BCUT2D eigenvalue weighted by Crippen LogP contribution is -2.08. The van der Waals surface area contributed by atoms with Gasteiger partial charge in [-0.15, -0.1) is 0 Å². The number of rotatable bonds is 8. The molecule has 3 N–H and O–H groups in total. The summed E-state index contributed by atoms with van der Waals surface area (Å²) in [7, 11) is -1.44. The first-order chi connectivity index (χ1) is 18.2. The highest BCUT2D eigenvalue weighted by Crippen LogP contribution is 2.31. The van der Waals surface area contributed by atoms with Crippen LogP contribution < -0.4 is 4.72 Å². The highest BCUT2D eigenvalue weighted by Gasteiger charge is 2.19. The van der Waals surface area contributed by atoms with E-state index in [-0.39, 0.29) is 5.82 Å². The van der Waals surface area contributed by atoms with Gasteiger partial charge in [0.15, 0.2) is 11.5 Å². The molecule has 0 amide bonds. The molecule has 0 saturated heterocycles. The minimum absolute atomic E-state index is 0.335. The van der Waals surface area contributed by atoms with Crippen molar-refractivity contribution >= 4 is 37.7 Å². The number of halogens is 1. The van der Waals surface area contributed by atoms with Crippen molar-refractivity contribution in [1.29, 1.82) is 0 Å². The van der Waals surface area contributed by atoms with E-state index in [2.05, 4.69) is 43.2 Å². The van der Waals surface area contributed by atoms with Crippen LogP contribution in [0, 0.1) is 12.7 Å². The number of aromatic nitrogens is 6. The van der Waals surface area contributed by atoms with Crippen LogP contribution in [0.3, 0.4) is 0 Å². The monoisotopic (exact) mass is 525 g/mol. The van der Waals surface area contributed by atoms with Gasteiger partial charge in [-0.25, -0.2) is 14.4 Å². The Labute approximate surface area is 221 Å². The third kappa shape index (κ3) is 5.34. The molecule has 0 radical (unpaired) electrons. The van der Waals surface area contributed by atoms with E-state index in [1.807, 2.05) is 49.6 Å². The van der Waals surface area contributed by atoms with E-state index < -0.39 is 9.39 Å². The largest absolute Gasteiger partial charge is 0.340 e. The lowest BCUT2D eigenvalue weighted by atomic mass is 9.98. The molecule has 7 nitrogen and oxygen atoms in total. The number of H-pyrrole nitrogens is 2. The number of hydrogen-bond acceptors (Lipinski definition) is 5. The van der Waals surface area contributed by atoms with Crippen molar-refractivity contribution in [3.63, 3.8) is 0 Å². The molecule has 5 aromatic rings. The SMILES string of the molecule is C=C/C=C(/c1cc(F)cc(CNS(=C)(=C)C)c1)c1nc(-c2n[nH]c3ccc(-c4cccnc4)nc23)[nH]c1C. The number of benzene rings is 1. The maximum Gasteiger partial charge on any atom is 0.161 e. The first-order valence-electron chi connectivity index (χ1n) is 11.9. The van der Waals surface area contributed by atoms with Gasteiger partial charge >= 0.3 is 0 Å². The molecule has 4 aromatic heterocycles. The van der Waals surface area contributed by atoms with Crippen LogP contribution in [0.1, 0.15) is 22.5 Å². The molecule has 4 heterocycles. The van der Waals surface area contributed by atoms with Gasteiger partial charge in [-0.2, -0.15) is 14.5 Å². The summed E-state index contributed by atoms with van der Waals surface area (Å²) in [6.07, 6.45) is 8.94. The Hall–Kier alpha value is -4.34. The number of hydrogen-bond donors (Lipinski definition) is 3.